The monoisotopic (exact) mass is 455 g/mol. The molecule has 0 saturated carbocycles. The molecule has 0 N–H and O–H groups in total. The maximum absolute atomic E-state index is 6.27. The third kappa shape index (κ3) is 4.87. The van der Waals surface area contributed by atoms with Gasteiger partial charge in [0.05, 0.1) is 0 Å². The van der Waals surface area contributed by atoms with E-state index in [1.807, 2.05) is 24.3 Å². The maximum Gasteiger partial charge on any atom is 0.246 e. The third-order valence-corrected chi connectivity index (χ3v) is 5.53. The molecule has 2 heterocycles. The Balaban J connectivity index is 1.45. The zero-order valence-electron chi connectivity index (χ0n) is 18.1. The molecule has 0 aliphatic rings. The van der Waals surface area contributed by atoms with Gasteiger partial charge in [-0.3, -0.25) is 4.90 Å². The van der Waals surface area contributed by atoms with Gasteiger partial charge in [-0.2, -0.15) is 4.52 Å². The fourth-order valence-corrected chi connectivity index (χ4v) is 3.94. The SMILES string of the molecule is CN(Cc1ccccc1)Cc1ccc(-c2ccccc2)c(Oc2ccc3nnc(Cl)n3n2)c1. The highest BCUT2D eigenvalue weighted by atomic mass is 35.5. The van der Waals surface area contributed by atoms with Gasteiger partial charge in [0.25, 0.3) is 0 Å². The van der Waals surface area contributed by atoms with Crippen molar-refractivity contribution in [2.75, 3.05) is 7.05 Å². The van der Waals surface area contributed by atoms with E-state index in [0.29, 0.717) is 11.5 Å². The van der Waals surface area contributed by atoms with Crippen molar-refractivity contribution in [2.24, 2.45) is 0 Å². The largest absolute Gasteiger partial charge is 0.437 e. The first-order valence-corrected chi connectivity index (χ1v) is 11.0. The highest BCUT2D eigenvalue weighted by Crippen LogP contribution is 2.34. The summed E-state index contributed by atoms with van der Waals surface area (Å²) in [4.78, 5) is 2.28. The van der Waals surface area contributed by atoms with Crippen molar-refractivity contribution in [1.82, 2.24) is 24.7 Å². The number of nitrogens with zero attached hydrogens (tertiary/aromatic N) is 5. The molecule has 0 aliphatic carbocycles. The predicted molar refractivity (Wildman–Crippen MR) is 129 cm³/mol. The Morgan fingerprint density at radius 1 is 0.818 bits per heavy atom. The van der Waals surface area contributed by atoms with Crippen LogP contribution in [-0.4, -0.2) is 31.8 Å². The van der Waals surface area contributed by atoms with Crippen molar-refractivity contribution in [2.45, 2.75) is 13.1 Å². The molecule has 33 heavy (non-hydrogen) atoms. The van der Waals surface area contributed by atoms with E-state index in [0.717, 1.165) is 35.5 Å². The second-order valence-corrected chi connectivity index (χ2v) is 8.21. The molecule has 3 aromatic carbocycles. The molecular weight excluding hydrogens is 434 g/mol. The summed E-state index contributed by atoms with van der Waals surface area (Å²) in [5, 5.41) is 12.4. The molecule has 0 spiro atoms. The molecule has 5 rings (SSSR count). The summed E-state index contributed by atoms with van der Waals surface area (Å²) < 4.78 is 7.73. The highest BCUT2D eigenvalue weighted by molar-refractivity contribution is 6.28. The molecule has 0 aliphatic heterocycles. The molecule has 0 atom stereocenters. The Morgan fingerprint density at radius 3 is 2.33 bits per heavy atom. The molecule has 0 amide bonds. The van der Waals surface area contributed by atoms with Crippen molar-refractivity contribution in [3.63, 3.8) is 0 Å². The van der Waals surface area contributed by atoms with Gasteiger partial charge in [0, 0.05) is 24.7 Å². The second kappa shape index (κ2) is 9.40. The maximum atomic E-state index is 6.27. The van der Waals surface area contributed by atoms with E-state index in [2.05, 4.69) is 81.8 Å². The molecule has 6 nitrogen and oxygen atoms in total. The third-order valence-electron chi connectivity index (χ3n) is 5.29. The van der Waals surface area contributed by atoms with E-state index in [4.69, 9.17) is 16.3 Å². The van der Waals surface area contributed by atoms with E-state index in [-0.39, 0.29) is 5.28 Å². The first kappa shape index (κ1) is 21.1. The summed E-state index contributed by atoms with van der Waals surface area (Å²) in [6.45, 7) is 1.64. The lowest BCUT2D eigenvalue weighted by Crippen LogP contribution is -2.17. The molecule has 0 saturated heterocycles. The van der Waals surface area contributed by atoms with Crippen molar-refractivity contribution in [3.8, 4) is 22.8 Å². The minimum atomic E-state index is 0.190. The predicted octanol–water partition coefficient (Wildman–Crippen LogP) is 5.87. The van der Waals surface area contributed by atoms with E-state index >= 15 is 0 Å². The van der Waals surface area contributed by atoms with Crippen LogP contribution in [0.3, 0.4) is 0 Å². The molecule has 0 bridgehead atoms. The Hall–Kier alpha value is -3.74. The highest BCUT2D eigenvalue weighted by Gasteiger charge is 2.13. The standard InChI is InChI=1S/C26H22ClN5O/c1-31(17-19-8-4-2-5-9-19)18-20-12-13-22(21-10-6-3-7-11-21)23(16-20)33-25-15-14-24-28-29-26(27)32(24)30-25/h2-16H,17-18H2,1H3. The van der Waals surface area contributed by atoms with E-state index in [1.54, 1.807) is 12.1 Å². The molecule has 164 valence electrons. The first-order valence-electron chi connectivity index (χ1n) is 10.6. The number of hydrogen-bond acceptors (Lipinski definition) is 5. The zero-order chi connectivity index (χ0) is 22.6. The number of halogens is 1. The van der Waals surface area contributed by atoms with Crippen LogP contribution < -0.4 is 4.74 Å². The fraction of sp³-hybridized carbons (Fsp3) is 0.115. The Kier molecular flexibility index (Phi) is 6.02. The minimum absolute atomic E-state index is 0.190. The summed E-state index contributed by atoms with van der Waals surface area (Å²) in [5.41, 5.74) is 5.04. The number of rotatable bonds is 7. The van der Waals surface area contributed by atoms with Crippen LogP contribution in [0, 0.1) is 0 Å². The van der Waals surface area contributed by atoms with Gasteiger partial charge in [-0.1, -0.05) is 72.8 Å². The van der Waals surface area contributed by atoms with Gasteiger partial charge in [-0.15, -0.1) is 15.3 Å². The van der Waals surface area contributed by atoms with Crippen LogP contribution in [-0.2, 0) is 13.1 Å². The smallest absolute Gasteiger partial charge is 0.246 e. The average Bonchev–Trinajstić information content (AvgIpc) is 3.20. The zero-order valence-corrected chi connectivity index (χ0v) is 18.9. The molecule has 2 aromatic heterocycles. The van der Waals surface area contributed by atoms with Crippen molar-refractivity contribution < 1.29 is 4.74 Å². The minimum Gasteiger partial charge on any atom is -0.437 e. The number of hydrogen-bond donors (Lipinski definition) is 0. The molecular formula is C26H22ClN5O. The molecule has 0 unspecified atom stereocenters. The van der Waals surface area contributed by atoms with Gasteiger partial charge < -0.3 is 4.74 Å². The molecule has 0 radical (unpaired) electrons. The Morgan fingerprint density at radius 2 is 1.55 bits per heavy atom. The van der Waals surface area contributed by atoms with Crippen LogP contribution in [0.4, 0.5) is 0 Å². The van der Waals surface area contributed by atoms with Crippen LogP contribution in [0.15, 0.2) is 91.0 Å². The van der Waals surface area contributed by atoms with Crippen LogP contribution in [0.5, 0.6) is 11.6 Å². The lowest BCUT2D eigenvalue weighted by atomic mass is 10.0. The molecule has 5 aromatic rings. The number of fused-ring (bicyclic) bond motifs is 1. The van der Waals surface area contributed by atoms with Crippen LogP contribution in [0.25, 0.3) is 16.8 Å². The van der Waals surface area contributed by atoms with E-state index in [1.165, 1.54) is 10.1 Å². The Bertz CT molecular complexity index is 1370. The van der Waals surface area contributed by atoms with E-state index < -0.39 is 0 Å². The van der Waals surface area contributed by atoms with E-state index in [9.17, 15) is 0 Å². The summed E-state index contributed by atoms with van der Waals surface area (Å²) in [6.07, 6.45) is 0. The van der Waals surface area contributed by atoms with Crippen LogP contribution in [0.1, 0.15) is 11.1 Å². The lowest BCUT2D eigenvalue weighted by Gasteiger charge is -2.18. The van der Waals surface area contributed by atoms with Crippen LogP contribution >= 0.6 is 11.6 Å². The van der Waals surface area contributed by atoms with Gasteiger partial charge in [0.15, 0.2) is 5.65 Å². The first-order chi connectivity index (χ1) is 16.2. The lowest BCUT2D eigenvalue weighted by molar-refractivity contribution is 0.318. The van der Waals surface area contributed by atoms with Crippen molar-refractivity contribution in [1.29, 1.82) is 0 Å². The van der Waals surface area contributed by atoms with Crippen LogP contribution in [0.2, 0.25) is 5.28 Å². The summed E-state index contributed by atoms with van der Waals surface area (Å²) in [5.74, 6) is 1.14. The fourth-order valence-electron chi connectivity index (χ4n) is 3.78. The van der Waals surface area contributed by atoms with Gasteiger partial charge in [0.2, 0.25) is 11.2 Å². The summed E-state index contributed by atoms with van der Waals surface area (Å²) >= 11 is 6.09. The molecule has 7 heteroatoms. The normalized spacial score (nSPS) is 11.2. The van der Waals surface area contributed by atoms with Crippen molar-refractivity contribution in [3.05, 3.63) is 107 Å². The van der Waals surface area contributed by atoms with Gasteiger partial charge in [-0.25, -0.2) is 0 Å². The van der Waals surface area contributed by atoms with Gasteiger partial charge in [-0.05, 0) is 47.5 Å². The Labute approximate surface area is 197 Å². The topological polar surface area (TPSA) is 55.5 Å². The summed E-state index contributed by atoms with van der Waals surface area (Å²) in [7, 11) is 2.11. The van der Waals surface area contributed by atoms with Gasteiger partial charge in [0.1, 0.15) is 5.75 Å². The number of benzene rings is 3. The second-order valence-electron chi connectivity index (χ2n) is 7.87. The number of aromatic nitrogens is 4. The summed E-state index contributed by atoms with van der Waals surface area (Å²) in [6, 6.07) is 30.5. The number of ether oxygens (including phenoxy) is 1. The molecule has 0 fully saturated rings. The van der Waals surface area contributed by atoms with Gasteiger partial charge >= 0.3 is 0 Å². The van der Waals surface area contributed by atoms with Crippen molar-refractivity contribution >= 4 is 17.2 Å². The quantitative estimate of drug-likeness (QED) is 0.307. The average molecular weight is 456 g/mol.